The van der Waals surface area contributed by atoms with Crippen LogP contribution < -0.4 is 5.32 Å². The van der Waals surface area contributed by atoms with Crippen molar-refractivity contribution in [3.8, 4) is 0 Å². The molecule has 0 bridgehead atoms. The zero-order valence-electron chi connectivity index (χ0n) is 19.6. The summed E-state index contributed by atoms with van der Waals surface area (Å²) < 4.78 is 0. The van der Waals surface area contributed by atoms with Gasteiger partial charge < -0.3 is 15.1 Å². The highest BCUT2D eigenvalue weighted by atomic mass is 16.2. The SMILES string of the molecule is CC(C(=O)NC1CC1)N1CCN(C(=O)C2CC3CCCCC3N2C(=O)c2ccccc2)CC1. The van der Waals surface area contributed by atoms with Gasteiger partial charge in [0.05, 0.1) is 6.04 Å². The van der Waals surface area contributed by atoms with Crippen LogP contribution in [0.4, 0.5) is 0 Å². The largest absolute Gasteiger partial charge is 0.352 e. The van der Waals surface area contributed by atoms with Crippen LogP contribution in [0.25, 0.3) is 0 Å². The molecule has 5 rings (SSSR count). The summed E-state index contributed by atoms with van der Waals surface area (Å²) in [5.41, 5.74) is 0.668. The standard InChI is InChI=1S/C26H36N4O3/c1-18(24(31)27-21-11-12-21)28-13-15-29(16-14-28)26(33)23-17-20-9-5-6-10-22(20)30(23)25(32)19-7-3-2-4-8-19/h2-4,7-8,18,20-23H,5-6,9-17H2,1H3,(H,27,31). The fourth-order valence-corrected chi connectivity index (χ4v) is 5.96. The third kappa shape index (κ3) is 4.65. The van der Waals surface area contributed by atoms with E-state index in [9.17, 15) is 14.4 Å². The summed E-state index contributed by atoms with van der Waals surface area (Å²) in [6.07, 6.45) is 7.37. The van der Waals surface area contributed by atoms with Gasteiger partial charge in [-0.25, -0.2) is 0 Å². The van der Waals surface area contributed by atoms with Crippen molar-refractivity contribution in [2.45, 2.75) is 76.0 Å². The van der Waals surface area contributed by atoms with Gasteiger partial charge in [0.1, 0.15) is 6.04 Å². The van der Waals surface area contributed by atoms with E-state index in [0.29, 0.717) is 43.7 Å². The fraction of sp³-hybridized carbons (Fsp3) is 0.654. The Bertz CT molecular complexity index is 879. The number of carbonyl (C=O) groups is 3. The van der Waals surface area contributed by atoms with Gasteiger partial charge in [0, 0.05) is 43.8 Å². The van der Waals surface area contributed by atoms with Crippen LogP contribution in [0.15, 0.2) is 30.3 Å². The Morgan fingerprint density at radius 2 is 1.64 bits per heavy atom. The topological polar surface area (TPSA) is 73.0 Å². The van der Waals surface area contributed by atoms with Gasteiger partial charge in [-0.1, -0.05) is 31.0 Å². The molecule has 4 unspecified atom stereocenters. The second-order valence-electron chi connectivity index (χ2n) is 10.3. The number of nitrogens with zero attached hydrogens (tertiary/aromatic N) is 3. The van der Waals surface area contributed by atoms with Crippen molar-refractivity contribution in [2.24, 2.45) is 5.92 Å². The summed E-state index contributed by atoms with van der Waals surface area (Å²) in [6.45, 7) is 4.56. The maximum absolute atomic E-state index is 13.7. The first-order valence-electron chi connectivity index (χ1n) is 12.7. The minimum atomic E-state index is -0.368. The molecule has 2 saturated carbocycles. The molecule has 33 heavy (non-hydrogen) atoms. The molecule has 4 aliphatic rings. The highest BCUT2D eigenvalue weighted by Gasteiger charge is 2.48. The first-order chi connectivity index (χ1) is 16.0. The van der Waals surface area contributed by atoms with E-state index in [2.05, 4.69) is 10.2 Å². The number of rotatable bonds is 5. The highest BCUT2D eigenvalue weighted by molar-refractivity contribution is 5.98. The second-order valence-corrected chi connectivity index (χ2v) is 10.3. The average molecular weight is 453 g/mol. The highest BCUT2D eigenvalue weighted by Crippen LogP contribution is 2.41. The number of fused-ring (bicyclic) bond motifs is 1. The van der Waals surface area contributed by atoms with Gasteiger partial charge in [-0.15, -0.1) is 0 Å². The molecule has 178 valence electrons. The minimum absolute atomic E-state index is 0.00708. The number of hydrogen-bond acceptors (Lipinski definition) is 4. The molecular formula is C26H36N4O3. The molecule has 4 atom stereocenters. The zero-order chi connectivity index (χ0) is 22.9. The molecule has 4 fully saturated rings. The van der Waals surface area contributed by atoms with Crippen LogP contribution in [0.3, 0.4) is 0 Å². The molecule has 7 nitrogen and oxygen atoms in total. The van der Waals surface area contributed by atoms with Crippen molar-refractivity contribution >= 4 is 17.7 Å². The van der Waals surface area contributed by atoms with Gasteiger partial charge in [0.2, 0.25) is 11.8 Å². The van der Waals surface area contributed by atoms with Crippen molar-refractivity contribution in [2.75, 3.05) is 26.2 Å². The number of hydrogen-bond donors (Lipinski definition) is 1. The summed E-state index contributed by atoms with van der Waals surface area (Å²) in [6, 6.07) is 9.39. The third-order valence-electron chi connectivity index (χ3n) is 8.11. The molecule has 0 spiro atoms. The molecule has 1 aromatic rings. The first kappa shape index (κ1) is 22.4. The van der Waals surface area contributed by atoms with Crippen LogP contribution in [0.2, 0.25) is 0 Å². The van der Waals surface area contributed by atoms with Crippen LogP contribution in [-0.2, 0) is 9.59 Å². The van der Waals surface area contributed by atoms with Crippen LogP contribution in [0.1, 0.15) is 62.2 Å². The Morgan fingerprint density at radius 1 is 0.939 bits per heavy atom. The lowest BCUT2D eigenvalue weighted by atomic mass is 9.84. The summed E-state index contributed by atoms with van der Waals surface area (Å²) in [7, 11) is 0. The summed E-state index contributed by atoms with van der Waals surface area (Å²) in [5, 5.41) is 3.09. The molecule has 2 aliphatic heterocycles. The van der Waals surface area contributed by atoms with Crippen molar-refractivity contribution < 1.29 is 14.4 Å². The molecular weight excluding hydrogens is 416 g/mol. The molecule has 0 radical (unpaired) electrons. The molecule has 2 aliphatic carbocycles. The van der Waals surface area contributed by atoms with E-state index in [1.165, 1.54) is 6.42 Å². The van der Waals surface area contributed by atoms with Crippen LogP contribution in [-0.4, -0.2) is 82.8 Å². The van der Waals surface area contributed by atoms with Crippen molar-refractivity contribution in [1.82, 2.24) is 20.0 Å². The van der Waals surface area contributed by atoms with Gasteiger partial charge in [-0.2, -0.15) is 0 Å². The lowest BCUT2D eigenvalue weighted by molar-refractivity contribution is -0.138. The van der Waals surface area contributed by atoms with Crippen molar-refractivity contribution in [1.29, 1.82) is 0 Å². The van der Waals surface area contributed by atoms with E-state index < -0.39 is 0 Å². The number of amides is 3. The molecule has 1 N–H and O–H groups in total. The maximum atomic E-state index is 13.7. The van der Waals surface area contributed by atoms with E-state index in [1.54, 1.807) is 0 Å². The van der Waals surface area contributed by atoms with Gasteiger partial charge in [0.15, 0.2) is 0 Å². The molecule has 7 heteroatoms. The number of carbonyl (C=O) groups excluding carboxylic acids is 3. The zero-order valence-corrected chi connectivity index (χ0v) is 19.6. The Kier molecular flexibility index (Phi) is 6.41. The van der Waals surface area contributed by atoms with Gasteiger partial charge in [-0.3, -0.25) is 19.3 Å². The summed E-state index contributed by atoms with van der Waals surface area (Å²) >= 11 is 0. The lowest BCUT2D eigenvalue weighted by Crippen LogP contribution is -2.58. The normalized spacial score (nSPS) is 28.8. The monoisotopic (exact) mass is 452 g/mol. The molecule has 3 amide bonds. The average Bonchev–Trinajstić information content (AvgIpc) is 3.59. The van der Waals surface area contributed by atoms with Crippen LogP contribution >= 0.6 is 0 Å². The quantitative estimate of drug-likeness (QED) is 0.744. The van der Waals surface area contributed by atoms with Crippen LogP contribution in [0, 0.1) is 5.92 Å². The number of piperazine rings is 1. The smallest absolute Gasteiger partial charge is 0.254 e. The van der Waals surface area contributed by atoms with Crippen molar-refractivity contribution in [3.05, 3.63) is 35.9 Å². The molecule has 0 aromatic heterocycles. The number of benzene rings is 1. The Morgan fingerprint density at radius 3 is 2.33 bits per heavy atom. The Hall–Kier alpha value is -2.41. The fourth-order valence-electron chi connectivity index (χ4n) is 5.96. The predicted molar refractivity (Wildman–Crippen MR) is 126 cm³/mol. The Balaban J connectivity index is 1.25. The second kappa shape index (κ2) is 9.45. The van der Waals surface area contributed by atoms with E-state index >= 15 is 0 Å². The van der Waals surface area contributed by atoms with Crippen molar-refractivity contribution in [3.63, 3.8) is 0 Å². The molecule has 1 aromatic carbocycles. The van der Waals surface area contributed by atoms with Crippen LogP contribution in [0.5, 0.6) is 0 Å². The van der Waals surface area contributed by atoms with E-state index in [-0.39, 0.29) is 35.8 Å². The number of nitrogens with one attached hydrogen (secondary N) is 1. The van der Waals surface area contributed by atoms with Gasteiger partial charge >= 0.3 is 0 Å². The van der Waals surface area contributed by atoms with E-state index in [1.807, 2.05) is 47.1 Å². The Labute approximate surface area is 196 Å². The summed E-state index contributed by atoms with van der Waals surface area (Å²) in [5.74, 6) is 0.598. The van der Waals surface area contributed by atoms with E-state index in [0.717, 1.165) is 38.5 Å². The van der Waals surface area contributed by atoms with E-state index in [4.69, 9.17) is 0 Å². The van der Waals surface area contributed by atoms with Gasteiger partial charge in [-0.05, 0) is 57.1 Å². The molecule has 2 saturated heterocycles. The predicted octanol–water partition coefficient (Wildman–Crippen LogP) is 2.27. The number of likely N-dealkylation sites (tertiary alicyclic amines) is 1. The lowest BCUT2D eigenvalue weighted by Gasteiger charge is -2.40. The first-order valence-corrected chi connectivity index (χ1v) is 12.7. The minimum Gasteiger partial charge on any atom is -0.352 e. The third-order valence-corrected chi connectivity index (χ3v) is 8.11. The maximum Gasteiger partial charge on any atom is 0.254 e. The molecule has 2 heterocycles. The summed E-state index contributed by atoms with van der Waals surface area (Å²) in [4.78, 5) is 45.7. The van der Waals surface area contributed by atoms with Gasteiger partial charge in [0.25, 0.3) is 5.91 Å².